The summed E-state index contributed by atoms with van der Waals surface area (Å²) in [6.07, 6.45) is -7.90. The highest BCUT2D eigenvalue weighted by atomic mass is 32.2. The first-order valence-electron chi connectivity index (χ1n) is 13.9. The molecule has 0 saturated carbocycles. The molecule has 0 aliphatic rings. The fourth-order valence-corrected chi connectivity index (χ4v) is 4.99. The molecule has 0 atom stereocenters. The summed E-state index contributed by atoms with van der Waals surface area (Å²) >= 11 is 0. The van der Waals surface area contributed by atoms with Crippen molar-refractivity contribution >= 4 is 10.0 Å². The number of halogens is 17. The number of likely N-dealkylation sites (N-methyl/N-ethyl adjacent to an activating group) is 1. The van der Waals surface area contributed by atoms with Gasteiger partial charge in [-0.2, -0.15) is 78.9 Å². The van der Waals surface area contributed by atoms with Crippen LogP contribution in [0.1, 0.15) is 13.8 Å². The van der Waals surface area contributed by atoms with Crippen molar-refractivity contribution in [3.63, 3.8) is 0 Å². The average Bonchev–Trinajstić information content (AvgIpc) is 2.92. The van der Waals surface area contributed by atoms with Gasteiger partial charge in [-0.15, -0.1) is 0 Å². The Labute approximate surface area is 275 Å². The molecule has 0 aromatic heterocycles. The molecule has 0 amide bonds. The fraction of sp³-hybridized carbons (Fsp3) is 1.00. The fourth-order valence-electron chi connectivity index (χ4n) is 3.37. The van der Waals surface area contributed by atoms with E-state index in [1.165, 1.54) is 0 Å². The smallest absolute Gasteiger partial charge is 0.378 e. The first-order chi connectivity index (χ1) is 22.0. The van der Waals surface area contributed by atoms with Crippen molar-refractivity contribution in [2.45, 2.75) is 66.9 Å². The zero-order chi connectivity index (χ0) is 40.1. The molecule has 0 radical (unpaired) electrons. The van der Waals surface area contributed by atoms with Crippen LogP contribution in [0.5, 0.6) is 0 Å². The van der Waals surface area contributed by atoms with Gasteiger partial charge in [0.2, 0.25) is 0 Å². The zero-order valence-electron chi connectivity index (χ0n) is 26.8. The first kappa shape index (κ1) is 48.5. The predicted molar refractivity (Wildman–Crippen MR) is 138 cm³/mol. The summed E-state index contributed by atoms with van der Waals surface area (Å²) in [6, 6.07) is -1.94. The van der Waals surface area contributed by atoms with Gasteiger partial charge in [-0.3, -0.25) is 0 Å². The highest BCUT2D eigenvalue weighted by Gasteiger charge is 2.96. The van der Waals surface area contributed by atoms with E-state index in [0.717, 1.165) is 6.54 Å². The third-order valence-corrected chi connectivity index (χ3v) is 8.51. The molecule has 0 aliphatic carbocycles. The normalized spacial score (nSPS) is 15.4. The topological polar surface area (TPSA) is 74.3 Å². The van der Waals surface area contributed by atoms with Crippen molar-refractivity contribution in [3.8, 4) is 0 Å². The van der Waals surface area contributed by atoms with Crippen molar-refractivity contribution in [2.24, 2.45) is 0 Å². The molecular weight excluding hydrogens is 767 g/mol. The standard InChI is InChI=1S/C24H36F17N2O6S/c1-16(2)42(6-8-46-10-12-48-14-15-49-13-11-47-9-7-43(3,4)5)50(44,45)24(40,41)22(35,36)20(31,32)18(27,28)17(25,26)19(29,30)21(33,34)23(37,38)39/h16H,6-15H2,1-5H3/q+1. The van der Waals surface area contributed by atoms with Crippen LogP contribution in [0, 0.1) is 0 Å². The number of ether oxygens (including phenoxy) is 4. The lowest BCUT2D eigenvalue weighted by Crippen LogP contribution is -2.75. The van der Waals surface area contributed by atoms with Crippen molar-refractivity contribution < 1.29 is 106 Å². The Morgan fingerprint density at radius 2 is 0.800 bits per heavy atom. The van der Waals surface area contributed by atoms with Gasteiger partial charge in [0.25, 0.3) is 10.0 Å². The maximum absolute atomic E-state index is 14.6. The molecule has 302 valence electrons. The van der Waals surface area contributed by atoms with Crippen LogP contribution in [0.2, 0.25) is 0 Å². The number of rotatable bonds is 24. The number of sulfonamides is 1. The molecule has 50 heavy (non-hydrogen) atoms. The van der Waals surface area contributed by atoms with E-state index in [1.54, 1.807) is 0 Å². The monoisotopic (exact) mass is 803 g/mol. The molecule has 0 N–H and O–H groups in total. The second kappa shape index (κ2) is 16.7. The van der Waals surface area contributed by atoms with E-state index < -0.39 is 87.1 Å². The third kappa shape index (κ3) is 9.93. The summed E-state index contributed by atoms with van der Waals surface area (Å²) in [6.45, 7) is -0.244. The van der Waals surface area contributed by atoms with Gasteiger partial charge in [0.05, 0.1) is 74.0 Å². The average molecular weight is 804 g/mol. The van der Waals surface area contributed by atoms with Gasteiger partial charge in [-0.05, 0) is 13.8 Å². The van der Waals surface area contributed by atoms with E-state index in [-0.39, 0.29) is 33.0 Å². The molecule has 0 bridgehead atoms. The maximum Gasteiger partial charge on any atom is 0.460 e. The maximum atomic E-state index is 14.6. The quantitative estimate of drug-likeness (QED) is 0.0703. The molecule has 8 nitrogen and oxygen atoms in total. The highest BCUT2D eigenvalue weighted by molar-refractivity contribution is 7.90. The number of hydrogen-bond acceptors (Lipinski definition) is 6. The minimum absolute atomic E-state index is 0.0340. The van der Waals surface area contributed by atoms with Crippen molar-refractivity contribution in [1.82, 2.24) is 4.31 Å². The molecule has 0 aromatic rings. The van der Waals surface area contributed by atoms with Crippen LogP contribution in [0.4, 0.5) is 74.6 Å². The van der Waals surface area contributed by atoms with Crippen LogP contribution in [0.3, 0.4) is 0 Å². The molecular formula is C24H36F17N2O6S+. The Bertz CT molecular complexity index is 1160. The third-order valence-electron chi connectivity index (χ3n) is 6.38. The minimum atomic E-state index is -8.89. The summed E-state index contributed by atoms with van der Waals surface area (Å²) in [4.78, 5) is 0. The van der Waals surface area contributed by atoms with Gasteiger partial charge in [-0.25, -0.2) is 8.42 Å². The molecule has 0 saturated heterocycles. The largest absolute Gasteiger partial charge is 0.460 e. The van der Waals surface area contributed by atoms with Gasteiger partial charge < -0.3 is 23.4 Å². The molecule has 0 spiro atoms. The van der Waals surface area contributed by atoms with E-state index in [4.69, 9.17) is 18.9 Å². The first-order valence-corrected chi connectivity index (χ1v) is 15.3. The zero-order valence-corrected chi connectivity index (χ0v) is 27.6. The minimum Gasteiger partial charge on any atom is -0.378 e. The molecule has 0 rings (SSSR count). The second-order valence-corrected chi connectivity index (χ2v) is 13.6. The lowest BCUT2D eigenvalue weighted by atomic mass is 9.91. The molecule has 0 heterocycles. The van der Waals surface area contributed by atoms with E-state index in [0.29, 0.717) is 24.9 Å². The molecule has 0 aromatic carbocycles. The number of quaternary nitrogens is 1. The summed E-state index contributed by atoms with van der Waals surface area (Å²) in [7, 11) is -1.55. The van der Waals surface area contributed by atoms with Gasteiger partial charge in [0, 0.05) is 12.6 Å². The lowest BCUT2D eigenvalue weighted by molar-refractivity contribution is -0.870. The van der Waals surface area contributed by atoms with E-state index in [9.17, 15) is 83.1 Å². The second-order valence-electron chi connectivity index (χ2n) is 11.6. The molecule has 26 heteroatoms. The molecule has 0 unspecified atom stereocenters. The van der Waals surface area contributed by atoms with Crippen molar-refractivity contribution in [3.05, 3.63) is 0 Å². The van der Waals surface area contributed by atoms with Gasteiger partial charge in [0.1, 0.15) is 6.54 Å². The van der Waals surface area contributed by atoms with Gasteiger partial charge in [0.15, 0.2) is 0 Å². The lowest BCUT2D eigenvalue weighted by Gasteiger charge is -2.43. The van der Waals surface area contributed by atoms with E-state index >= 15 is 0 Å². The summed E-state index contributed by atoms with van der Waals surface area (Å²) in [5.41, 5.74) is 0. The number of alkyl halides is 17. The van der Waals surface area contributed by atoms with Crippen LogP contribution >= 0.6 is 0 Å². The summed E-state index contributed by atoms with van der Waals surface area (Å²) in [5, 5.41) is -7.63. The SMILES string of the molecule is CC(C)N(CCOCCOCCOCCOCC[N+](C)(C)C)S(=O)(=O)C(F)(F)C(F)(F)C(F)(F)C(F)(F)C(F)(F)C(F)(F)C(F)(F)C(F)(F)F. The Balaban J connectivity index is 5.60. The van der Waals surface area contributed by atoms with E-state index in [2.05, 4.69) is 0 Å². The van der Waals surface area contributed by atoms with Crippen molar-refractivity contribution in [2.75, 3.05) is 87.1 Å². The van der Waals surface area contributed by atoms with Crippen LogP contribution in [-0.4, -0.2) is 157 Å². The Morgan fingerprint density at radius 3 is 1.12 bits per heavy atom. The van der Waals surface area contributed by atoms with Gasteiger partial charge in [-0.1, -0.05) is 0 Å². The Kier molecular flexibility index (Phi) is 16.2. The van der Waals surface area contributed by atoms with Crippen molar-refractivity contribution in [1.29, 1.82) is 0 Å². The van der Waals surface area contributed by atoms with Crippen LogP contribution in [0.25, 0.3) is 0 Å². The summed E-state index contributed by atoms with van der Waals surface area (Å²) in [5.74, 6) is -51.9. The molecule has 0 fully saturated rings. The summed E-state index contributed by atoms with van der Waals surface area (Å²) < 4.78 is 276. The van der Waals surface area contributed by atoms with Crippen LogP contribution in [-0.2, 0) is 29.0 Å². The van der Waals surface area contributed by atoms with Gasteiger partial charge >= 0.3 is 47.0 Å². The Morgan fingerprint density at radius 1 is 0.500 bits per heavy atom. The van der Waals surface area contributed by atoms with Crippen LogP contribution < -0.4 is 0 Å². The number of hydrogen-bond donors (Lipinski definition) is 0. The number of nitrogens with zero attached hydrogens (tertiary/aromatic N) is 2. The highest BCUT2D eigenvalue weighted by Crippen LogP contribution is 2.64. The molecule has 0 aliphatic heterocycles. The van der Waals surface area contributed by atoms with Crippen LogP contribution in [0.15, 0.2) is 0 Å². The Hall–Kier alpha value is -1.48. The predicted octanol–water partition coefficient (Wildman–Crippen LogP) is 5.77. The van der Waals surface area contributed by atoms with E-state index in [1.807, 2.05) is 21.1 Å².